The first kappa shape index (κ1) is 27.3. The van der Waals surface area contributed by atoms with Crippen molar-refractivity contribution in [2.24, 2.45) is 10.2 Å². The van der Waals surface area contributed by atoms with Gasteiger partial charge >= 0.3 is 0 Å². The van der Waals surface area contributed by atoms with Gasteiger partial charge in [0.05, 0.1) is 27.6 Å². The molecule has 0 radical (unpaired) electrons. The Bertz CT molecular complexity index is 1710. The molecule has 1 amide bonds. The molecule has 196 valence electrons. The second-order valence-corrected chi connectivity index (χ2v) is 10.3. The first-order valence-corrected chi connectivity index (χ1v) is 13.3. The standard InChI is InChI=1S/C26H21Cl2N3O6S/c1-3-14-10-17(38(34,35)36)13-21(28)23(14)30-31-24-18-7-5-4-6-15(18)11-19(25(24)32)26(33)29-16-8-9-22(37-2)20(27)12-16/h4-13,32H,3H2,1-2H3,(H,29,33)(H,34,35,36). The van der Waals surface area contributed by atoms with Gasteiger partial charge in [0.2, 0.25) is 0 Å². The van der Waals surface area contributed by atoms with Crippen LogP contribution in [0.3, 0.4) is 0 Å². The van der Waals surface area contributed by atoms with Crippen LogP contribution in [0.4, 0.5) is 17.1 Å². The van der Waals surface area contributed by atoms with Crippen molar-refractivity contribution in [3.05, 3.63) is 81.8 Å². The van der Waals surface area contributed by atoms with E-state index in [0.717, 1.165) is 6.07 Å². The maximum atomic E-state index is 13.1. The topological polar surface area (TPSA) is 138 Å². The highest BCUT2D eigenvalue weighted by Crippen LogP contribution is 2.41. The number of hydrogen-bond acceptors (Lipinski definition) is 7. The van der Waals surface area contributed by atoms with E-state index >= 15 is 0 Å². The third-order valence-electron chi connectivity index (χ3n) is 5.69. The Morgan fingerprint density at radius 3 is 2.37 bits per heavy atom. The normalized spacial score (nSPS) is 11.7. The number of carbonyl (C=O) groups excluding carboxylic acids is 1. The first-order valence-electron chi connectivity index (χ1n) is 11.1. The molecule has 0 unspecified atom stereocenters. The summed E-state index contributed by atoms with van der Waals surface area (Å²) in [6, 6.07) is 15.5. The SMILES string of the molecule is CCc1cc(S(=O)(=O)O)cc(Cl)c1N=Nc1c(O)c(C(=O)Nc2ccc(OC)c(Cl)c2)cc2ccccc12. The van der Waals surface area contributed by atoms with Gasteiger partial charge in [0.1, 0.15) is 17.1 Å². The summed E-state index contributed by atoms with van der Waals surface area (Å²) < 4.78 is 37.7. The number of amides is 1. The Morgan fingerprint density at radius 1 is 1.00 bits per heavy atom. The highest BCUT2D eigenvalue weighted by molar-refractivity contribution is 7.85. The fourth-order valence-corrected chi connectivity index (χ4v) is 4.95. The summed E-state index contributed by atoms with van der Waals surface area (Å²) in [6.07, 6.45) is 0.330. The van der Waals surface area contributed by atoms with Crippen molar-refractivity contribution in [2.75, 3.05) is 12.4 Å². The van der Waals surface area contributed by atoms with Crippen LogP contribution in [0.2, 0.25) is 10.0 Å². The lowest BCUT2D eigenvalue weighted by Gasteiger charge is -2.12. The third kappa shape index (κ3) is 5.58. The molecule has 0 aliphatic rings. The zero-order chi connectivity index (χ0) is 27.6. The van der Waals surface area contributed by atoms with Gasteiger partial charge in [0.15, 0.2) is 5.75 Å². The number of phenols is 1. The third-order valence-corrected chi connectivity index (χ3v) is 7.11. The molecule has 0 atom stereocenters. The van der Waals surface area contributed by atoms with Crippen molar-refractivity contribution >= 4 is 67.1 Å². The van der Waals surface area contributed by atoms with Crippen LogP contribution in [0.1, 0.15) is 22.8 Å². The summed E-state index contributed by atoms with van der Waals surface area (Å²) in [4.78, 5) is 12.8. The van der Waals surface area contributed by atoms with Gasteiger partial charge in [-0.2, -0.15) is 8.42 Å². The van der Waals surface area contributed by atoms with Crippen LogP contribution in [0, 0.1) is 0 Å². The van der Waals surface area contributed by atoms with E-state index in [1.54, 1.807) is 43.3 Å². The monoisotopic (exact) mass is 573 g/mol. The van der Waals surface area contributed by atoms with Crippen LogP contribution in [-0.2, 0) is 16.5 Å². The average Bonchev–Trinajstić information content (AvgIpc) is 2.87. The minimum Gasteiger partial charge on any atom is -0.505 e. The first-order chi connectivity index (χ1) is 18.0. The minimum atomic E-state index is -4.48. The molecular weight excluding hydrogens is 553 g/mol. The van der Waals surface area contributed by atoms with E-state index in [0.29, 0.717) is 39.2 Å². The van der Waals surface area contributed by atoms with Crippen molar-refractivity contribution < 1.29 is 27.6 Å². The molecule has 12 heteroatoms. The fourth-order valence-electron chi connectivity index (χ4n) is 3.79. The molecule has 0 fully saturated rings. The number of nitrogens with one attached hydrogen (secondary N) is 1. The molecule has 0 spiro atoms. The number of carbonyl (C=O) groups is 1. The lowest BCUT2D eigenvalue weighted by molar-refractivity contribution is 0.102. The quantitative estimate of drug-likeness (QED) is 0.156. The maximum absolute atomic E-state index is 13.1. The molecule has 4 aromatic rings. The van der Waals surface area contributed by atoms with Gasteiger partial charge in [0.25, 0.3) is 16.0 Å². The van der Waals surface area contributed by atoms with Gasteiger partial charge in [-0.1, -0.05) is 54.4 Å². The Kier molecular flexibility index (Phi) is 7.89. The van der Waals surface area contributed by atoms with Gasteiger partial charge in [-0.05, 0) is 53.8 Å². The number of anilines is 1. The number of phenolic OH excluding ortho intramolecular Hbond substituents is 1. The number of rotatable bonds is 7. The van der Waals surface area contributed by atoms with Crippen LogP contribution >= 0.6 is 23.2 Å². The molecule has 38 heavy (non-hydrogen) atoms. The predicted octanol–water partition coefficient (Wildman–Crippen LogP) is 7.34. The van der Waals surface area contributed by atoms with Gasteiger partial charge in [-0.15, -0.1) is 10.2 Å². The molecule has 0 aliphatic carbocycles. The predicted molar refractivity (Wildman–Crippen MR) is 146 cm³/mol. The average molecular weight is 574 g/mol. The number of hydrogen-bond donors (Lipinski definition) is 3. The summed E-state index contributed by atoms with van der Waals surface area (Å²) >= 11 is 12.4. The lowest BCUT2D eigenvalue weighted by Crippen LogP contribution is -2.12. The minimum absolute atomic E-state index is 0.0120. The number of halogens is 2. The molecular formula is C26H21Cl2N3O6S. The Balaban J connectivity index is 1.79. The van der Waals surface area contributed by atoms with Crippen LogP contribution in [0.5, 0.6) is 11.5 Å². The smallest absolute Gasteiger partial charge is 0.294 e. The van der Waals surface area contributed by atoms with Crippen molar-refractivity contribution in [3.63, 3.8) is 0 Å². The Labute approximate surface area is 228 Å². The number of nitrogens with zero attached hydrogens (tertiary/aromatic N) is 2. The Hall–Kier alpha value is -3.70. The molecule has 0 aliphatic heterocycles. The van der Waals surface area contributed by atoms with Crippen molar-refractivity contribution in [2.45, 2.75) is 18.2 Å². The van der Waals surface area contributed by atoms with Gasteiger partial charge in [0, 0.05) is 11.1 Å². The van der Waals surface area contributed by atoms with Gasteiger partial charge in [-0.25, -0.2) is 0 Å². The molecule has 0 heterocycles. The van der Waals surface area contributed by atoms with E-state index in [-0.39, 0.29) is 26.9 Å². The molecule has 0 saturated heterocycles. The maximum Gasteiger partial charge on any atom is 0.294 e. The lowest BCUT2D eigenvalue weighted by atomic mass is 10.0. The zero-order valence-corrected chi connectivity index (χ0v) is 22.4. The molecule has 4 rings (SSSR count). The molecule has 0 bridgehead atoms. The second kappa shape index (κ2) is 11.0. The van der Waals surface area contributed by atoms with Crippen molar-refractivity contribution in [1.29, 1.82) is 0 Å². The molecule has 3 N–H and O–H groups in total. The molecule has 0 saturated carbocycles. The van der Waals surface area contributed by atoms with Crippen molar-refractivity contribution in [3.8, 4) is 11.5 Å². The number of aryl methyl sites for hydroxylation is 1. The van der Waals surface area contributed by atoms with E-state index in [1.807, 2.05) is 0 Å². The van der Waals surface area contributed by atoms with Crippen LogP contribution < -0.4 is 10.1 Å². The van der Waals surface area contributed by atoms with Crippen LogP contribution in [0.25, 0.3) is 10.8 Å². The van der Waals surface area contributed by atoms with Gasteiger partial charge < -0.3 is 15.2 Å². The number of methoxy groups -OCH3 is 1. The summed E-state index contributed by atoms with van der Waals surface area (Å²) in [5.74, 6) is -0.598. The zero-order valence-electron chi connectivity index (χ0n) is 20.1. The second-order valence-electron chi connectivity index (χ2n) is 8.09. The van der Waals surface area contributed by atoms with Crippen molar-refractivity contribution in [1.82, 2.24) is 0 Å². The van der Waals surface area contributed by atoms with E-state index in [1.165, 1.54) is 25.3 Å². The summed E-state index contributed by atoms with van der Waals surface area (Å²) in [5.41, 5.74) is 0.900. The van der Waals surface area contributed by atoms with Crippen LogP contribution in [-0.4, -0.2) is 31.1 Å². The van der Waals surface area contributed by atoms with E-state index in [9.17, 15) is 22.9 Å². The van der Waals surface area contributed by atoms with E-state index < -0.39 is 21.8 Å². The highest BCUT2D eigenvalue weighted by Gasteiger charge is 2.20. The number of ether oxygens (including phenoxy) is 1. The summed E-state index contributed by atoms with van der Waals surface area (Å²) in [5, 5.41) is 23.5. The van der Waals surface area contributed by atoms with E-state index in [2.05, 4.69) is 15.5 Å². The highest BCUT2D eigenvalue weighted by atomic mass is 35.5. The Morgan fingerprint density at radius 2 is 1.71 bits per heavy atom. The molecule has 0 aromatic heterocycles. The molecule has 9 nitrogen and oxygen atoms in total. The number of fused-ring (bicyclic) bond motifs is 1. The van der Waals surface area contributed by atoms with E-state index in [4.69, 9.17) is 27.9 Å². The number of benzene rings is 4. The molecule has 4 aromatic carbocycles. The number of aromatic hydroxyl groups is 1. The van der Waals surface area contributed by atoms with Gasteiger partial charge in [-0.3, -0.25) is 9.35 Å². The summed E-state index contributed by atoms with van der Waals surface area (Å²) in [7, 11) is -3.01. The fraction of sp³-hybridized carbons (Fsp3) is 0.115. The summed E-state index contributed by atoms with van der Waals surface area (Å²) in [6.45, 7) is 1.75. The van der Waals surface area contributed by atoms with Crippen LogP contribution in [0.15, 0.2) is 75.8 Å². The number of azo groups is 1. The largest absolute Gasteiger partial charge is 0.505 e.